The lowest BCUT2D eigenvalue weighted by atomic mass is 10.2. The van der Waals surface area contributed by atoms with Gasteiger partial charge in [-0.05, 0) is 50.5 Å². The van der Waals surface area contributed by atoms with Gasteiger partial charge in [0.1, 0.15) is 0 Å². The first-order valence-electron chi connectivity index (χ1n) is 9.88. The average molecular weight is 514 g/mol. The molecule has 0 fully saturated rings. The molecule has 0 atom stereocenters. The van der Waals surface area contributed by atoms with E-state index < -0.39 is 9.84 Å². The predicted octanol–water partition coefficient (Wildman–Crippen LogP) is 4.83. The van der Waals surface area contributed by atoms with Crippen molar-refractivity contribution in [2.24, 2.45) is 0 Å². The van der Waals surface area contributed by atoms with Gasteiger partial charge in [-0.15, -0.1) is 24.2 Å². The number of hydrogen-bond acceptors (Lipinski definition) is 7. The smallest absolute Gasteiger partial charge is 0.260 e. The third-order valence-electron chi connectivity index (χ3n) is 4.48. The van der Waals surface area contributed by atoms with Gasteiger partial charge in [0, 0.05) is 35.1 Å². The van der Waals surface area contributed by atoms with Crippen molar-refractivity contribution in [1.82, 2.24) is 9.88 Å². The molecular weight excluding hydrogens is 486 g/mol. The maximum atomic E-state index is 13.5. The fourth-order valence-corrected chi connectivity index (χ4v) is 5.60. The number of amides is 1. The SMILES string of the molecule is CC(C)Sc1cccc(C(=O)N(CCN(C)C)c2nc3ccc(S(C)(=O)=O)cc3s2)c1.Cl. The summed E-state index contributed by atoms with van der Waals surface area (Å²) in [4.78, 5) is 23.1. The number of likely N-dealkylation sites (N-methyl/N-ethyl adjacent to an activating group) is 1. The van der Waals surface area contributed by atoms with Crippen LogP contribution in [0.2, 0.25) is 0 Å². The lowest BCUT2D eigenvalue weighted by molar-refractivity contribution is 0.0985. The van der Waals surface area contributed by atoms with E-state index in [-0.39, 0.29) is 23.2 Å². The number of carbonyl (C=O) groups excluding carboxylic acids is 1. The molecule has 0 spiro atoms. The Hall–Kier alpha value is -1.65. The number of fused-ring (bicyclic) bond motifs is 1. The third kappa shape index (κ3) is 6.68. The highest BCUT2D eigenvalue weighted by Crippen LogP contribution is 2.32. The van der Waals surface area contributed by atoms with E-state index in [2.05, 4.69) is 18.8 Å². The minimum atomic E-state index is -3.31. The fraction of sp³-hybridized carbons (Fsp3) is 0.364. The molecule has 0 aliphatic carbocycles. The summed E-state index contributed by atoms with van der Waals surface area (Å²) in [5.41, 5.74) is 1.29. The zero-order valence-corrected chi connectivity index (χ0v) is 22.0. The van der Waals surface area contributed by atoms with Crippen molar-refractivity contribution in [3.8, 4) is 0 Å². The zero-order valence-electron chi connectivity index (χ0n) is 18.7. The van der Waals surface area contributed by atoms with Crippen LogP contribution in [0, 0.1) is 0 Å². The molecular formula is C22H28ClN3O3S3. The van der Waals surface area contributed by atoms with Gasteiger partial charge in [0.25, 0.3) is 5.91 Å². The molecule has 0 aliphatic heterocycles. The van der Waals surface area contributed by atoms with Crippen LogP contribution in [0.3, 0.4) is 0 Å². The summed E-state index contributed by atoms with van der Waals surface area (Å²) in [6.07, 6.45) is 1.19. The highest BCUT2D eigenvalue weighted by atomic mass is 35.5. The Balaban J connectivity index is 0.00000363. The zero-order chi connectivity index (χ0) is 22.8. The number of anilines is 1. The average Bonchev–Trinajstić information content (AvgIpc) is 3.09. The highest BCUT2D eigenvalue weighted by Gasteiger charge is 2.22. The van der Waals surface area contributed by atoms with E-state index in [1.165, 1.54) is 17.6 Å². The molecule has 0 unspecified atom stereocenters. The topological polar surface area (TPSA) is 70.6 Å². The molecule has 10 heteroatoms. The van der Waals surface area contributed by atoms with Crippen LogP contribution in [0.5, 0.6) is 0 Å². The summed E-state index contributed by atoms with van der Waals surface area (Å²) in [6, 6.07) is 12.5. The molecule has 1 heterocycles. The number of hydrogen-bond donors (Lipinski definition) is 0. The van der Waals surface area contributed by atoms with Gasteiger partial charge in [-0.3, -0.25) is 9.69 Å². The number of sulfone groups is 1. The summed E-state index contributed by atoms with van der Waals surface area (Å²) in [7, 11) is 0.604. The van der Waals surface area contributed by atoms with Crippen molar-refractivity contribution < 1.29 is 13.2 Å². The second-order valence-corrected chi connectivity index (χ2v) is 12.5. The summed E-state index contributed by atoms with van der Waals surface area (Å²) in [5.74, 6) is -0.115. The maximum Gasteiger partial charge on any atom is 0.260 e. The minimum absolute atomic E-state index is 0. The Morgan fingerprint density at radius 3 is 2.47 bits per heavy atom. The van der Waals surface area contributed by atoms with Crippen molar-refractivity contribution in [2.75, 3.05) is 38.3 Å². The quantitative estimate of drug-likeness (QED) is 0.402. The lowest BCUT2D eigenvalue weighted by Crippen LogP contribution is -2.36. The number of thioether (sulfide) groups is 1. The van der Waals surface area contributed by atoms with Crippen LogP contribution in [-0.2, 0) is 9.84 Å². The van der Waals surface area contributed by atoms with Gasteiger partial charge >= 0.3 is 0 Å². The molecule has 1 aromatic heterocycles. The molecule has 0 bridgehead atoms. The molecule has 32 heavy (non-hydrogen) atoms. The molecule has 3 aromatic rings. The Labute approximate surface area is 204 Å². The summed E-state index contributed by atoms with van der Waals surface area (Å²) in [6.45, 7) is 5.39. The van der Waals surface area contributed by atoms with Gasteiger partial charge in [-0.25, -0.2) is 13.4 Å². The van der Waals surface area contributed by atoms with Gasteiger partial charge in [0.15, 0.2) is 15.0 Å². The highest BCUT2D eigenvalue weighted by molar-refractivity contribution is 7.99. The van der Waals surface area contributed by atoms with Crippen molar-refractivity contribution >= 4 is 66.6 Å². The molecule has 0 radical (unpaired) electrons. The van der Waals surface area contributed by atoms with Crippen LogP contribution in [0.25, 0.3) is 10.2 Å². The summed E-state index contributed by atoms with van der Waals surface area (Å²) < 4.78 is 24.6. The number of benzene rings is 2. The van der Waals surface area contributed by atoms with Gasteiger partial charge in [-0.2, -0.15) is 0 Å². The predicted molar refractivity (Wildman–Crippen MR) is 138 cm³/mol. The summed E-state index contributed by atoms with van der Waals surface area (Å²) >= 11 is 3.05. The third-order valence-corrected chi connectivity index (χ3v) is 7.63. The molecule has 2 aromatic carbocycles. The van der Waals surface area contributed by atoms with Crippen LogP contribution in [-0.4, -0.2) is 62.9 Å². The van der Waals surface area contributed by atoms with E-state index in [1.807, 2.05) is 43.3 Å². The minimum Gasteiger partial charge on any atom is -0.308 e. The molecule has 6 nitrogen and oxygen atoms in total. The van der Waals surface area contributed by atoms with E-state index in [1.54, 1.807) is 34.9 Å². The Morgan fingerprint density at radius 2 is 1.84 bits per heavy atom. The number of aromatic nitrogens is 1. The van der Waals surface area contributed by atoms with E-state index >= 15 is 0 Å². The van der Waals surface area contributed by atoms with Crippen LogP contribution in [0.4, 0.5) is 5.13 Å². The molecule has 3 rings (SSSR count). The number of thiazole rings is 1. The molecule has 174 valence electrons. The van der Waals surface area contributed by atoms with Crippen LogP contribution >= 0.6 is 35.5 Å². The van der Waals surface area contributed by atoms with Gasteiger partial charge in [0.05, 0.1) is 15.1 Å². The van der Waals surface area contributed by atoms with Gasteiger partial charge < -0.3 is 4.90 Å². The van der Waals surface area contributed by atoms with E-state index in [0.717, 1.165) is 9.60 Å². The van der Waals surface area contributed by atoms with Crippen LogP contribution < -0.4 is 4.90 Å². The molecule has 0 N–H and O–H groups in total. The first kappa shape index (κ1) is 26.6. The van der Waals surface area contributed by atoms with Crippen molar-refractivity contribution in [3.05, 3.63) is 48.0 Å². The second kappa shape index (κ2) is 11.0. The number of halogens is 1. The molecule has 0 aliphatic rings. The number of nitrogens with zero attached hydrogens (tertiary/aromatic N) is 3. The molecule has 0 saturated carbocycles. The first-order valence-corrected chi connectivity index (χ1v) is 13.5. The standard InChI is InChI=1S/C22H27N3O3S3.ClH/c1-15(2)29-17-8-6-7-16(13-17)21(26)25(12-11-24(3)4)22-23-19-10-9-18(31(5,27)28)14-20(19)30-22;/h6-10,13-15H,11-12H2,1-5H3;1H. The van der Waals surface area contributed by atoms with Crippen LogP contribution in [0.1, 0.15) is 24.2 Å². The van der Waals surface area contributed by atoms with Gasteiger partial charge in [0.2, 0.25) is 0 Å². The van der Waals surface area contributed by atoms with Crippen molar-refractivity contribution in [3.63, 3.8) is 0 Å². The Morgan fingerprint density at radius 1 is 1.12 bits per heavy atom. The maximum absolute atomic E-state index is 13.5. The van der Waals surface area contributed by atoms with Gasteiger partial charge in [-0.1, -0.05) is 31.3 Å². The Kier molecular flexibility index (Phi) is 9.13. The van der Waals surface area contributed by atoms with E-state index in [4.69, 9.17) is 0 Å². The monoisotopic (exact) mass is 513 g/mol. The molecule has 1 amide bonds. The lowest BCUT2D eigenvalue weighted by Gasteiger charge is -2.22. The van der Waals surface area contributed by atoms with E-state index in [0.29, 0.717) is 34.6 Å². The number of rotatable bonds is 8. The number of carbonyl (C=O) groups is 1. The van der Waals surface area contributed by atoms with Crippen molar-refractivity contribution in [1.29, 1.82) is 0 Å². The molecule has 0 saturated heterocycles. The fourth-order valence-electron chi connectivity index (χ4n) is 2.95. The summed E-state index contributed by atoms with van der Waals surface area (Å²) in [5, 5.41) is 0.984. The van der Waals surface area contributed by atoms with Crippen molar-refractivity contribution in [2.45, 2.75) is 28.9 Å². The normalized spacial score (nSPS) is 11.7. The first-order chi connectivity index (χ1) is 14.5. The van der Waals surface area contributed by atoms with Crippen LogP contribution in [0.15, 0.2) is 52.3 Å². The largest absolute Gasteiger partial charge is 0.308 e. The Bertz CT molecular complexity index is 1190. The second-order valence-electron chi connectivity index (χ2n) is 7.85. The van der Waals surface area contributed by atoms with E-state index in [9.17, 15) is 13.2 Å².